The standard InChI is InChI=1S/C15H21NO3/c1-15(2)10-11(14(17)18)8-9-16(15)12-6-4-5-7-13(12)19-3/h4-7,11H,8-10H2,1-3H3,(H,17,18). The number of nitrogens with zero attached hydrogens (tertiary/aromatic N) is 1. The molecule has 1 N–H and O–H groups in total. The minimum Gasteiger partial charge on any atom is -0.495 e. The van der Waals surface area contributed by atoms with E-state index >= 15 is 0 Å². The van der Waals surface area contributed by atoms with Crippen molar-refractivity contribution in [3.05, 3.63) is 24.3 Å². The van der Waals surface area contributed by atoms with Crippen LogP contribution in [-0.2, 0) is 4.79 Å². The molecule has 1 fully saturated rings. The summed E-state index contributed by atoms with van der Waals surface area (Å²) in [5.74, 6) is -0.0990. The van der Waals surface area contributed by atoms with Crippen LogP contribution in [-0.4, -0.2) is 30.3 Å². The third kappa shape index (κ3) is 2.67. The van der Waals surface area contributed by atoms with E-state index in [0.29, 0.717) is 12.8 Å². The minimum absolute atomic E-state index is 0.185. The molecule has 0 amide bonds. The van der Waals surface area contributed by atoms with Crippen molar-refractivity contribution in [2.45, 2.75) is 32.2 Å². The lowest BCUT2D eigenvalue weighted by Crippen LogP contribution is -2.51. The molecule has 1 aliphatic heterocycles. The Balaban J connectivity index is 2.28. The molecule has 104 valence electrons. The van der Waals surface area contributed by atoms with Crippen LogP contribution in [0.15, 0.2) is 24.3 Å². The average Bonchev–Trinajstić information content (AvgIpc) is 2.37. The molecule has 1 heterocycles. The summed E-state index contributed by atoms with van der Waals surface area (Å²) in [6, 6.07) is 7.90. The fourth-order valence-electron chi connectivity index (χ4n) is 2.91. The van der Waals surface area contributed by atoms with Crippen LogP contribution in [0.4, 0.5) is 5.69 Å². The first-order valence-corrected chi connectivity index (χ1v) is 6.59. The van der Waals surface area contributed by atoms with Crippen molar-refractivity contribution >= 4 is 11.7 Å². The number of rotatable bonds is 3. The van der Waals surface area contributed by atoms with E-state index in [1.54, 1.807) is 7.11 Å². The number of carbonyl (C=O) groups is 1. The van der Waals surface area contributed by atoms with Gasteiger partial charge in [-0.05, 0) is 38.8 Å². The highest BCUT2D eigenvalue weighted by Gasteiger charge is 2.38. The van der Waals surface area contributed by atoms with Gasteiger partial charge in [-0.25, -0.2) is 0 Å². The van der Waals surface area contributed by atoms with Gasteiger partial charge < -0.3 is 14.7 Å². The van der Waals surface area contributed by atoms with Crippen LogP contribution in [0.25, 0.3) is 0 Å². The molecule has 1 aromatic rings. The number of hydrogen-bond acceptors (Lipinski definition) is 3. The van der Waals surface area contributed by atoms with Crippen molar-refractivity contribution < 1.29 is 14.6 Å². The largest absolute Gasteiger partial charge is 0.495 e. The molecule has 4 heteroatoms. The van der Waals surface area contributed by atoms with Crippen LogP contribution in [0.5, 0.6) is 5.75 Å². The van der Waals surface area contributed by atoms with E-state index in [-0.39, 0.29) is 11.5 Å². The third-order valence-electron chi connectivity index (χ3n) is 3.90. The fourth-order valence-corrected chi connectivity index (χ4v) is 2.91. The Hall–Kier alpha value is -1.71. The average molecular weight is 263 g/mol. The Morgan fingerprint density at radius 3 is 2.68 bits per heavy atom. The number of aliphatic carboxylic acids is 1. The van der Waals surface area contributed by atoms with Gasteiger partial charge >= 0.3 is 5.97 Å². The lowest BCUT2D eigenvalue weighted by molar-refractivity contribution is -0.143. The molecule has 1 unspecified atom stereocenters. The van der Waals surface area contributed by atoms with Crippen molar-refractivity contribution in [2.24, 2.45) is 5.92 Å². The second kappa shape index (κ2) is 5.11. The third-order valence-corrected chi connectivity index (χ3v) is 3.90. The summed E-state index contributed by atoms with van der Waals surface area (Å²) in [4.78, 5) is 13.4. The number of benzene rings is 1. The quantitative estimate of drug-likeness (QED) is 0.911. The highest BCUT2D eigenvalue weighted by molar-refractivity contribution is 5.71. The van der Waals surface area contributed by atoms with Crippen LogP contribution in [0.1, 0.15) is 26.7 Å². The SMILES string of the molecule is COc1ccccc1N1CCC(C(=O)O)CC1(C)C. The maximum Gasteiger partial charge on any atom is 0.306 e. The van der Waals surface area contributed by atoms with Gasteiger partial charge in [0, 0.05) is 12.1 Å². The van der Waals surface area contributed by atoms with Crippen molar-refractivity contribution in [3.8, 4) is 5.75 Å². The Morgan fingerprint density at radius 2 is 2.11 bits per heavy atom. The molecule has 0 aliphatic carbocycles. The Labute approximate surface area is 114 Å². The van der Waals surface area contributed by atoms with E-state index in [4.69, 9.17) is 4.74 Å². The van der Waals surface area contributed by atoms with Crippen LogP contribution < -0.4 is 9.64 Å². The van der Waals surface area contributed by atoms with Gasteiger partial charge in [-0.3, -0.25) is 4.79 Å². The normalized spacial score (nSPS) is 22.1. The molecule has 1 aliphatic rings. The summed E-state index contributed by atoms with van der Waals surface area (Å²) >= 11 is 0. The van der Waals surface area contributed by atoms with Gasteiger partial charge in [-0.15, -0.1) is 0 Å². The predicted octanol–water partition coefficient (Wildman–Crippen LogP) is 2.77. The highest BCUT2D eigenvalue weighted by Crippen LogP contribution is 2.39. The summed E-state index contributed by atoms with van der Waals surface area (Å²) < 4.78 is 5.41. The van der Waals surface area contributed by atoms with E-state index < -0.39 is 5.97 Å². The van der Waals surface area contributed by atoms with Crippen LogP contribution in [0.2, 0.25) is 0 Å². The fraction of sp³-hybridized carbons (Fsp3) is 0.533. The van der Waals surface area contributed by atoms with Gasteiger partial charge in [-0.1, -0.05) is 12.1 Å². The number of carboxylic acid groups (broad SMARTS) is 1. The second-order valence-electron chi connectivity index (χ2n) is 5.66. The second-order valence-corrected chi connectivity index (χ2v) is 5.66. The van der Waals surface area contributed by atoms with Gasteiger partial charge in [0.05, 0.1) is 18.7 Å². The van der Waals surface area contributed by atoms with Crippen LogP contribution in [0, 0.1) is 5.92 Å². The summed E-state index contributed by atoms with van der Waals surface area (Å²) in [7, 11) is 1.66. The summed E-state index contributed by atoms with van der Waals surface area (Å²) in [5.41, 5.74) is 0.856. The number of carboxylic acids is 1. The van der Waals surface area contributed by atoms with Gasteiger partial charge in [0.15, 0.2) is 0 Å². The number of methoxy groups -OCH3 is 1. The molecule has 4 nitrogen and oxygen atoms in total. The molecular formula is C15H21NO3. The topological polar surface area (TPSA) is 49.8 Å². The maximum absolute atomic E-state index is 11.2. The predicted molar refractivity (Wildman–Crippen MR) is 74.8 cm³/mol. The molecule has 0 bridgehead atoms. The van der Waals surface area contributed by atoms with E-state index in [0.717, 1.165) is 18.0 Å². The molecule has 0 spiro atoms. The molecule has 19 heavy (non-hydrogen) atoms. The van der Waals surface area contributed by atoms with Gasteiger partial charge in [0.25, 0.3) is 0 Å². The maximum atomic E-state index is 11.2. The first-order valence-electron chi connectivity index (χ1n) is 6.59. The number of anilines is 1. The Kier molecular flexibility index (Phi) is 3.69. The zero-order valence-corrected chi connectivity index (χ0v) is 11.7. The van der Waals surface area contributed by atoms with Crippen LogP contribution >= 0.6 is 0 Å². The van der Waals surface area contributed by atoms with Crippen molar-refractivity contribution in [3.63, 3.8) is 0 Å². The molecule has 1 aromatic carbocycles. The molecular weight excluding hydrogens is 242 g/mol. The number of hydrogen-bond donors (Lipinski definition) is 1. The first kappa shape index (κ1) is 13.7. The lowest BCUT2D eigenvalue weighted by Gasteiger charge is -2.46. The zero-order chi connectivity index (χ0) is 14.0. The molecule has 0 saturated carbocycles. The molecule has 2 rings (SSSR count). The van der Waals surface area contributed by atoms with Crippen LogP contribution in [0.3, 0.4) is 0 Å². The van der Waals surface area contributed by atoms with Crippen molar-refractivity contribution in [1.29, 1.82) is 0 Å². The molecule has 0 aromatic heterocycles. The Bertz CT molecular complexity index is 470. The van der Waals surface area contributed by atoms with E-state index in [1.807, 2.05) is 24.3 Å². The zero-order valence-electron chi connectivity index (χ0n) is 11.7. The van der Waals surface area contributed by atoms with E-state index in [9.17, 15) is 9.90 Å². The Morgan fingerprint density at radius 1 is 1.42 bits per heavy atom. The minimum atomic E-state index is -0.687. The first-order chi connectivity index (χ1) is 8.95. The number of ether oxygens (including phenoxy) is 1. The summed E-state index contributed by atoms with van der Waals surface area (Å²) in [6.07, 6.45) is 1.33. The van der Waals surface area contributed by atoms with Gasteiger partial charge in [-0.2, -0.15) is 0 Å². The monoisotopic (exact) mass is 263 g/mol. The smallest absolute Gasteiger partial charge is 0.306 e. The van der Waals surface area contributed by atoms with E-state index in [1.165, 1.54) is 0 Å². The summed E-state index contributed by atoms with van der Waals surface area (Å²) in [6.45, 7) is 4.92. The lowest BCUT2D eigenvalue weighted by atomic mass is 9.82. The van der Waals surface area contributed by atoms with Crippen molar-refractivity contribution in [1.82, 2.24) is 0 Å². The molecule has 0 radical (unpaired) electrons. The number of para-hydroxylation sites is 2. The number of piperidine rings is 1. The van der Waals surface area contributed by atoms with Crippen molar-refractivity contribution in [2.75, 3.05) is 18.6 Å². The van der Waals surface area contributed by atoms with Gasteiger partial charge in [0.1, 0.15) is 5.75 Å². The van der Waals surface area contributed by atoms with Gasteiger partial charge in [0.2, 0.25) is 0 Å². The molecule has 1 atom stereocenters. The van der Waals surface area contributed by atoms with E-state index in [2.05, 4.69) is 18.7 Å². The summed E-state index contributed by atoms with van der Waals surface area (Å²) in [5, 5.41) is 9.18. The molecule has 1 saturated heterocycles. The highest BCUT2D eigenvalue weighted by atomic mass is 16.5.